The first-order chi connectivity index (χ1) is 5.43. The predicted octanol–water partition coefficient (Wildman–Crippen LogP) is 1.23. The molecule has 3 nitrogen and oxygen atoms in total. The molecule has 12 heavy (non-hydrogen) atoms. The van der Waals surface area contributed by atoms with Gasteiger partial charge in [-0.1, -0.05) is 0 Å². The highest BCUT2D eigenvalue weighted by Crippen LogP contribution is 2.27. The summed E-state index contributed by atoms with van der Waals surface area (Å²) < 4.78 is 5.02. The van der Waals surface area contributed by atoms with Crippen LogP contribution in [0.4, 0.5) is 0 Å². The third kappa shape index (κ3) is 1.72. The first kappa shape index (κ1) is 8.97. The van der Waals surface area contributed by atoms with Crippen LogP contribution in [0.15, 0.2) is 11.6 Å². The monoisotopic (exact) mass is 168 g/mol. The minimum atomic E-state index is -0.701. The number of Topliss-reactive ketones (excluding diaryl/α,β-unsaturated/α-hetero) is 1. The standard InChI is InChI=1S/C9H12O3/c1-6-4-9(3,5-7(2)10)12-8(6)11/h4H,5H2,1-3H3. The Bertz CT molecular complexity index is 265. The lowest BCUT2D eigenvalue weighted by Crippen LogP contribution is -2.26. The Morgan fingerprint density at radius 1 is 1.67 bits per heavy atom. The average Bonchev–Trinajstić information content (AvgIpc) is 2.04. The van der Waals surface area contributed by atoms with Crippen LogP contribution in [-0.2, 0) is 14.3 Å². The van der Waals surface area contributed by atoms with Crippen molar-refractivity contribution in [2.75, 3.05) is 0 Å². The lowest BCUT2D eigenvalue weighted by Gasteiger charge is -2.18. The van der Waals surface area contributed by atoms with Gasteiger partial charge in [-0.05, 0) is 26.8 Å². The van der Waals surface area contributed by atoms with E-state index in [0.717, 1.165) is 0 Å². The van der Waals surface area contributed by atoms with Crippen molar-refractivity contribution in [3.05, 3.63) is 11.6 Å². The van der Waals surface area contributed by atoms with E-state index in [1.807, 2.05) is 0 Å². The third-order valence-electron chi connectivity index (χ3n) is 1.77. The molecule has 0 amide bonds. The van der Waals surface area contributed by atoms with E-state index in [-0.39, 0.29) is 18.2 Å². The first-order valence-electron chi connectivity index (χ1n) is 3.85. The number of esters is 1. The maximum absolute atomic E-state index is 11.0. The van der Waals surface area contributed by atoms with Gasteiger partial charge < -0.3 is 4.74 Å². The molecule has 66 valence electrons. The van der Waals surface area contributed by atoms with E-state index < -0.39 is 5.60 Å². The number of ketones is 1. The Morgan fingerprint density at radius 2 is 2.25 bits per heavy atom. The van der Waals surface area contributed by atoms with Gasteiger partial charge >= 0.3 is 5.97 Å². The van der Waals surface area contributed by atoms with Crippen molar-refractivity contribution in [1.29, 1.82) is 0 Å². The maximum Gasteiger partial charge on any atom is 0.334 e. The van der Waals surface area contributed by atoms with Crippen LogP contribution in [0, 0.1) is 0 Å². The van der Waals surface area contributed by atoms with Gasteiger partial charge in [0.1, 0.15) is 11.4 Å². The molecular formula is C9H12O3. The number of rotatable bonds is 2. The Kier molecular flexibility index (Phi) is 2.04. The Labute approximate surface area is 71.4 Å². The Morgan fingerprint density at radius 3 is 2.58 bits per heavy atom. The van der Waals surface area contributed by atoms with Crippen molar-refractivity contribution in [2.24, 2.45) is 0 Å². The zero-order chi connectivity index (χ0) is 9.35. The molecule has 0 bridgehead atoms. The van der Waals surface area contributed by atoms with Crippen LogP contribution in [0.1, 0.15) is 27.2 Å². The molecule has 0 aromatic rings. The smallest absolute Gasteiger partial charge is 0.334 e. The summed E-state index contributed by atoms with van der Waals surface area (Å²) >= 11 is 0. The second-order valence-corrected chi connectivity index (χ2v) is 3.41. The zero-order valence-electron chi connectivity index (χ0n) is 7.51. The zero-order valence-corrected chi connectivity index (χ0v) is 7.51. The highest BCUT2D eigenvalue weighted by atomic mass is 16.6. The molecule has 0 spiro atoms. The van der Waals surface area contributed by atoms with Crippen LogP contribution in [0.5, 0.6) is 0 Å². The summed E-state index contributed by atoms with van der Waals surface area (Å²) in [7, 11) is 0. The molecule has 0 N–H and O–H groups in total. The lowest BCUT2D eigenvalue weighted by atomic mass is 9.99. The fourth-order valence-corrected chi connectivity index (χ4v) is 1.42. The number of hydrogen-bond donors (Lipinski definition) is 0. The van der Waals surface area contributed by atoms with Crippen molar-refractivity contribution in [2.45, 2.75) is 32.8 Å². The van der Waals surface area contributed by atoms with Gasteiger partial charge in [0, 0.05) is 12.0 Å². The molecule has 0 aliphatic carbocycles. The summed E-state index contributed by atoms with van der Waals surface area (Å²) in [6.45, 7) is 4.91. The molecule has 3 heteroatoms. The van der Waals surface area contributed by atoms with Gasteiger partial charge in [-0.3, -0.25) is 4.79 Å². The van der Waals surface area contributed by atoms with Gasteiger partial charge in [-0.25, -0.2) is 4.79 Å². The molecular weight excluding hydrogens is 156 g/mol. The fraction of sp³-hybridized carbons (Fsp3) is 0.556. The van der Waals surface area contributed by atoms with Crippen molar-refractivity contribution in [3.8, 4) is 0 Å². The topological polar surface area (TPSA) is 43.4 Å². The van der Waals surface area contributed by atoms with Gasteiger partial charge in [0.2, 0.25) is 0 Å². The van der Waals surface area contributed by atoms with Gasteiger partial charge in [0.15, 0.2) is 0 Å². The minimum absolute atomic E-state index is 0.0243. The number of carbonyl (C=O) groups is 2. The summed E-state index contributed by atoms with van der Waals surface area (Å²) in [5.74, 6) is -0.296. The maximum atomic E-state index is 11.0. The van der Waals surface area contributed by atoms with Crippen molar-refractivity contribution >= 4 is 11.8 Å². The van der Waals surface area contributed by atoms with Crippen molar-refractivity contribution < 1.29 is 14.3 Å². The third-order valence-corrected chi connectivity index (χ3v) is 1.77. The van der Waals surface area contributed by atoms with E-state index in [1.165, 1.54) is 6.92 Å². The Balaban J connectivity index is 2.77. The van der Waals surface area contributed by atoms with Crippen LogP contribution in [0.2, 0.25) is 0 Å². The Hall–Kier alpha value is -1.12. The molecule has 1 atom stereocenters. The minimum Gasteiger partial charge on any atom is -0.451 e. The fourth-order valence-electron chi connectivity index (χ4n) is 1.42. The average molecular weight is 168 g/mol. The van der Waals surface area contributed by atoms with Crippen LogP contribution in [0.25, 0.3) is 0 Å². The molecule has 0 aromatic carbocycles. The van der Waals surface area contributed by atoms with Gasteiger partial charge in [-0.2, -0.15) is 0 Å². The van der Waals surface area contributed by atoms with Crippen LogP contribution in [-0.4, -0.2) is 17.4 Å². The number of carbonyl (C=O) groups excluding carboxylic acids is 2. The molecule has 0 saturated carbocycles. The van der Waals surface area contributed by atoms with Crippen molar-refractivity contribution in [1.82, 2.24) is 0 Å². The lowest BCUT2D eigenvalue weighted by molar-refractivity contribution is -0.146. The highest BCUT2D eigenvalue weighted by Gasteiger charge is 2.34. The molecule has 1 heterocycles. The molecule has 1 unspecified atom stereocenters. The molecule has 0 fully saturated rings. The summed E-state index contributed by atoms with van der Waals surface area (Å²) in [6, 6.07) is 0. The molecule has 0 saturated heterocycles. The normalized spacial score (nSPS) is 28.2. The predicted molar refractivity (Wildman–Crippen MR) is 43.6 cm³/mol. The second-order valence-electron chi connectivity index (χ2n) is 3.41. The van der Waals surface area contributed by atoms with Crippen LogP contribution >= 0.6 is 0 Å². The van der Waals surface area contributed by atoms with Gasteiger partial charge in [-0.15, -0.1) is 0 Å². The SMILES string of the molecule is CC(=O)CC1(C)C=C(C)C(=O)O1. The summed E-state index contributed by atoms with van der Waals surface area (Å²) in [5.41, 5.74) is -0.119. The van der Waals surface area contributed by atoms with E-state index in [9.17, 15) is 9.59 Å². The van der Waals surface area contributed by atoms with E-state index in [1.54, 1.807) is 19.9 Å². The van der Waals surface area contributed by atoms with E-state index in [2.05, 4.69) is 0 Å². The van der Waals surface area contributed by atoms with Gasteiger partial charge in [0.25, 0.3) is 0 Å². The first-order valence-corrected chi connectivity index (χ1v) is 3.85. The van der Waals surface area contributed by atoms with Gasteiger partial charge in [0.05, 0.1) is 0 Å². The molecule has 0 aromatic heterocycles. The second kappa shape index (κ2) is 2.73. The molecule has 1 rings (SSSR count). The summed E-state index contributed by atoms with van der Waals surface area (Å²) in [6.07, 6.45) is 1.97. The molecule has 1 aliphatic heterocycles. The quantitative estimate of drug-likeness (QED) is 0.582. The molecule has 0 radical (unpaired) electrons. The largest absolute Gasteiger partial charge is 0.451 e. The van der Waals surface area contributed by atoms with E-state index in [4.69, 9.17) is 4.74 Å². The summed E-state index contributed by atoms with van der Waals surface area (Å²) in [4.78, 5) is 21.8. The number of ether oxygens (including phenoxy) is 1. The van der Waals surface area contributed by atoms with E-state index in [0.29, 0.717) is 5.57 Å². The number of cyclic esters (lactones) is 1. The molecule has 1 aliphatic rings. The van der Waals surface area contributed by atoms with Crippen molar-refractivity contribution in [3.63, 3.8) is 0 Å². The number of hydrogen-bond acceptors (Lipinski definition) is 3. The summed E-state index contributed by atoms with van der Waals surface area (Å²) in [5, 5.41) is 0. The van der Waals surface area contributed by atoms with Crippen LogP contribution in [0.3, 0.4) is 0 Å². The van der Waals surface area contributed by atoms with Crippen LogP contribution < -0.4 is 0 Å². The van der Waals surface area contributed by atoms with E-state index >= 15 is 0 Å². The highest BCUT2D eigenvalue weighted by molar-refractivity contribution is 5.91.